The second-order valence-corrected chi connectivity index (χ2v) is 15.9. The summed E-state index contributed by atoms with van der Waals surface area (Å²) in [7, 11) is 0. The number of fused-ring (bicyclic) bond motifs is 12. The van der Waals surface area contributed by atoms with Crippen LogP contribution < -0.4 is 0 Å². The third-order valence-corrected chi connectivity index (χ3v) is 12.6. The van der Waals surface area contributed by atoms with Crippen LogP contribution in [-0.4, -0.2) is 24.1 Å². The second kappa shape index (κ2) is 13.6. The van der Waals surface area contributed by atoms with Gasteiger partial charge in [0.2, 0.25) is 5.95 Å². The van der Waals surface area contributed by atoms with Crippen molar-refractivity contribution in [1.29, 1.82) is 0 Å². The van der Waals surface area contributed by atoms with E-state index in [-0.39, 0.29) is 0 Å². The monoisotopic (exact) mass is 789 g/mol. The van der Waals surface area contributed by atoms with Gasteiger partial charge in [0.05, 0.1) is 27.8 Å². The Labute approximate surface area is 356 Å². The lowest BCUT2D eigenvalue weighted by molar-refractivity contribution is 0.952. The van der Waals surface area contributed by atoms with Gasteiger partial charge in [0.1, 0.15) is 0 Å². The van der Waals surface area contributed by atoms with Crippen molar-refractivity contribution in [2.24, 2.45) is 0 Å². The van der Waals surface area contributed by atoms with E-state index in [0.717, 1.165) is 55.0 Å². The molecule has 0 saturated heterocycles. The first kappa shape index (κ1) is 34.5. The predicted molar refractivity (Wildman–Crippen MR) is 257 cm³/mol. The Kier molecular flexibility index (Phi) is 7.54. The summed E-state index contributed by atoms with van der Waals surface area (Å²) in [6.45, 7) is 0. The normalized spacial score (nSPS) is 11.9. The number of benzene rings is 10. The highest BCUT2D eigenvalue weighted by Crippen LogP contribution is 2.42. The van der Waals surface area contributed by atoms with Crippen LogP contribution in [0.15, 0.2) is 212 Å². The van der Waals surface area contributed by atoms with Crippen molar-refractivity contribution in [2.45, 2.75) is 0 Å². The van der Waals surface area contributed by atoms with Gasteiger partial charge in [0.15, 0.2) is 11.6 Å². The minimum atomic E-state index is 0.564. The third kappa shape index (κ3) is 5.12. The number of rotatable bonds is 5. The average Bonchev–Trinajstić information content (AvgIpc) is 3.87. The van der Waals surface area contributed by atoms with Crippen molar-refractivity contribution < 1.29 is 0 Å². The van der Waals surface area contributed by atoms with E-state index >= 15 is 0 Å². The molecule has 0 N–H and O–H groups in total. The van der Waals surface area contributed by atoms with Crippen LogP contribution >= 0.6 is 0 Å². The van der Waals surface area contributed by atoms with Crippen molar-refractivity contribution >= 4 is 75.9 Å². The molecule has 13 aromatic rings. The van der Waals surface area contributed by atoms with Crippen LogP contribution in [0.4, 0.5) is 0 Å². The van der Waals surface area contributed by atoms with Crippen LogP contribution in [-0.2, 0) is 0 Å². The van der Waals surface area contributed by atoms with Crippen LogP contribution in [0.25, 0.3) is 121 Å². The Balaban J connectivity index is 1.11. The van der Waals surface area contributed by atoms with Gasteiger partial charge in [0, 0.05) is 32.7 Å². The molecule has 10 aromatic carbocycles. The molecule has 0 aliphatic rings. The molecule has 0 amide bonds. The molecule has 3 heterocycles. The van der Waals surface area contributed by atoms with Crippen molar-refractivity contribution in [3.63, 3.8) is 0 Å². The molecule has 0 aliphatic carbocycles. The van der Waals surface area contributed by atoms with E-state index in [9.17, 15) is 0 Å². The molecule has 0 bridgehead atoms. The molecule has 0 radical (unpaired) electrons. The molecule has 5 nitrogen and oxygen atoms in total. The standard InChI is InChI=1S/C57H35N5/c1-2-17-36(18-3-1)38-27-16-32-53-54(38)46-25-10-14-30-51(46)61(53)52-31-15-11-26-47(52)56-58-55(59-57(60-56)62-49-28-12-8-23-44(49)45-24-9-13-29-50(45)62)37-33-34-43-41-21-5-4-19-39(41)40-20-6-7-22-42(40)48(43)35-37/h1-35H. The zero-order valence-corrected chi connectivity index (χ0v) is 33.4. The van der Waals surface area contributed by atoms with Crippen molar-refractivity contribution in [3.05, 3.63) is 212 Å². The van der Waals surface area contributed by atoms with Gasteiger partial charge in [-0.2, -0.15) is 9.97 Å². The van der Waals surface area contributed by atoms with Crippen LogP contribution in [0.1, 0.15) is 0 Å². The molecule has 0 spiro atoms. The summed E-state index contributed by atoms with van der Waals surface area (Å²) >= 11 is 0. The van der Waals surface area contributed by atoms with Crippen molar-refractivity contribution in [2.75, 3.05) is 0 Å². The first-order valence-electron chi connectivity index (χ1n) is 21.0. The summed E-state index contributed by atoms with van der Waals surface area (Å²) in [5, 5.41) is 12.0. The van der Waals surface area contributed by atoms with E-state index in [1.165, 1.54) is 48.8 Å². The van der Waals surface area contributed by atoms with Crippen LogP contribution in [0, 0.1) is 0 Å². The van der Waals surface area contributed by atoms with E-state index in [2.05, 4.69) is 221 Å². The first-order valence-corrected chi connectivity index (χ1v) is 21.0. The molecule has 0 saturated carbocycles. The summed E-state index contributed by atoms with van der Waals surface area (Å²) in [5.41, 5.74) is 9.51. The molecule has 0 aliphatic heterocycles. The topological polar surface area (TPSA) is 48.5 Å². The summed E-state index contributed by atoms with van der Waals surface area (Å²) in [6, 6.07) is 75.6. The van der Waals surface area contributed by atoms with Gasteiger partial charge in [-0.25, -0.2) is 4.98 Å². The fourth-order valence-electron chi connectivity index (χ4n) is 9.89. The van der Waals surface area contributed by atoms with Gasteiger partial charge in [-0.15, -0.1) is 0 Å². The Morgan fingerprint density at radius 2 is 0.758 bits per heavy atom. The Bertz CT molecular complexity index is 3850. The predicted octanol–water partition coefficient (Wildman–Crippen LogP) is 14.5. The highest BCUT2D eigenvalue weighted by molar-refractivity contribution is 6.25. The summed E-state index contributed by atoms with van der Waals surface area (Å²) in [5.74, 6) is 1.76. The minimum Gasteiger partial charge on any atom is -0.308 e. The van der Waals surface area contributed by atoms with Crippen LogP contribution in [0.3, 0.4) is 0 Å². The average molecular weight is 790 g/mol. The van der Waals surface area contributed by atoms with Gasteiger partial charge < -0.3 is 4.57 Å². The zero-order chi connectivity index (χ0) is 40.7. The lowest BCUT2D eigenvalue weighted by Gasteiger charge is -2.16. The molecular formula is C57H35N5. The van der Waals surface area contributed by atoms with Gasteiger partial charge >= 0.3 is 0 Å². The quantitative estimate of drug-likeness (QED) is 0.163. The van der Waals surface area contributed by atoms with E-state index in [4.69, 9.17) is 15.0 Å². The van der Waals surface area contributed by atoms with E-state index in [1.807, 2.05) is 0 Å². The summed E-state index contributed by atoms with van der Waals surface area (Å²) in [6.07, 6.45) is 0. The number of para-hydroxylation sites is 4. The highest BCUT2D eigenvalue weighted by atomic mass is 15.2. The zero-order valence-electron chi connectivity index (χ0n) is 33.4. The Hall–Kier alpha value is -8.41. The van der Waals surface area contributed by atoms with Gasteiger partial charge in [-0.3, -0.25) is 4.57 Å². The maximum Gasteiger partial charge on any atom is 0.238 e. The minimum absolute atomic E-state index is 0.564. The second-order valence-electron chi connectivity index (χ2n) is 15.9. The van der Waals surface area contributed by atoms with Crippen LogP contribution in [0.2, 0.25) is 0 Å². The van der Waals surface area contributed by atoms with E-state index < -0.39 is 0 Å². The van der Waals surface area contributed by atoms with Gasteiger partial charge in [0.25, 0.3) is 0 Å². The lowest BCUT2D eigenvalue weighted by atomic mass is 9.93. The third-order valence-electron chi connectivity index (χ3n) is 12.6. The van der Waals surface area contributed by atoms with Gasteiger partial charge in [-0.05, 0) is 85.9 Å². The van der Waals surface area contributed by atoms with E-state index in [1.54, 1.807) is 0 Å². The van der Waals surface area contributed by atoms with Crippen molar-refractivity contribution in [3.8, 4) is 45.5 Å². The van der Waals surface area contributed by atoms with Crippen LogP contribution in [0.5, 0.6) is 0 Å². The molecule has 0 atom stereocenters. The number of aromatic nitrogens is 5. The molecule has 13 rings (SSSR count). The Morgan fingerprint density at radius 1 is 0.274 bits per heavy atom. The van der Waals surface area contributed by atoms with Gasteiger partial charge in [-0.1, -0.05) is 170 Å². The first-order chi connectivity index (χ1) is 30.8. The van der Waals surface area contributed by atoms with Crippen molar-refractivity contribution in [1.82, 2.24) is 24.1 Å². The SMILES string of the molecule is c1ccc(-c2cccc3c2c2ccccc2n3-c2ccccc2-c2nc(-c3ccc4c5ccccc5c5ccccc5c4c3)nc(-n3c4ccccc4c4ccccc43)n2)cc1. The lowest BCUT2D eigenvalue weighted by Crippen LogP contribution is -2.07. The maximum absolute atomic E-state index is 5.45. The summed E-state index contributed by atoms with van der Waals surface area (Å²) < 4.78 is 4.57. The van der Waals surface area contributed by atoms with E-state index in [0.29, 0.717) is 17.6 Å². The number of hydrogen-bond acceptors (Lipinski definition) is 3. The molecule has 0 fully saturated rings. The fourth-order valence-corrected chi connectivity index (χ4v) is 9.89. The molecule has 62 heavy (non-hydrogen) atoms. The maximum atomic E-state index is 5.45. The highest BCUT2D eigenvalue weighted by Gasteiger charge is 2.22. The number of nitrogens with zero attached hydrogens (tertiary/aromatic N) is 5. The largest absolute Gasteiger partial charge is 0.308 e. The Morgan fingerprint density at radius 3 is 1.44 bits per heavy atom. The number of hydrogen-bond donors (Lipinski definition) is 0. The molecular weight excluding hydrogens is 755 g/mol. The molecule has 3 aromatic heterocycles. The molecule has 5 heteroatoms. The summed E-state index contributed by atoms with van der Waals surface area (Å²) in [4.78, 5) is 16.3. The smallest absolute Gasteiger partial charge is 0.238 e. The molecule has 0 unspecified atom stereocenters. The fraction of sp³-hybridized carbons (Fsp3) is 0. The molecule has 288 valence electrons.